The van der Waals surface area contributed by atoms with Crippen LogP contribution >= 0.6 is 0 Å². The summed E-state index contributed by atoms with van der Waals surface area (Å²) in [5.74, 6) is 2.29. The van der Waals surface area contributed by atoms with Crippen LogP contribution in [-0.2, 0) is 22.0 Å². The molecule has 4 rings (SSSR count). The largest absolute Gasteiger partial charge is 0.494 e. The second-order valence-corrected chi connectivity index (χ2v) is 9.50. The summed E-state index contributed by atoms with van der Waals surface area (Å²) in [6, 6.07) is 6.54. The van der Waals surface area contributed by atoms with Crippen LogP contribution in [-0.4, -0.2) is 65.0 Å². The SMILES string of the molecule is CCO[C@H](c1ncc(C)cn1)[C@H](Cc1nnc(-c2cncc(C)c2)n1-c1c(OC)cccc1OC)N[SH](=O)=O. The lowest BCUT2D eigenvalue weighted by atomic mass is 10.1. The Hall–Kier alpha value is -3.94. The van der Waals surface area contributed by atoms with Crippen molar-refractivity contribution >= 4 is 10.9 Å². The highest BCUT2D eigenvalue weighted by atomic mass is 32.2. The highest BCUT2D eigenvalue weighted by Gasteiger charge is 2.31. The van der Waals surface area contributed by atoms with Crippen molar-refractivity contribution in [1.82, 2.24) is 34.4 Å². The molecular weight excluding hydrogens is 522 g/mol. The number of rotatable bonds is 12. The van der Waals surface area contributed by atoms with Crippen LogP contribution in [0.3, 0.4) is 0 Å². The van der Waals surface area contributed by atoms with E-state index < -0.39 is 23.0 Å². The fourth-order valence-electron chi connectivity index (χ4n) is 4.25. The van der Waals surface area contributed by atoms with Crippen molar-refractivity contribution in [3.8, 4) is 28.6 Å². The molecule has 2 atom stereocenters. The summed E-state index contributed by atoms with van der Waals surface area (Å²) in [4.78, 5) is 13.1. The van der Waals surface area contributed by atoms with Crippen LogP contribution in [0.4, 0.5) is 0 Å². The van der Waals surface area contributed by atoms with E-state index in [2.05, 4.69) is 29.9 Å². The van der Waals surface area contributed by atoms with Gasteiger partial charge in [-0.15, -0.1) is 10.2 Å². The number of aryl methyl sites for hydroxylation is 2. The molecule has 4 aromatic rings. The minimum atomic E-state index is -3.00. The van der Waals surface area contributed by atoms with Crippen molar-refractivity contribution in [2.75, 3.05) is 20.8 Å². The average molecular weight is 554 g/mol. The maximum atomic E-state index is 12.0. The van der Waals surface area contributed by atoms with Crippen LogP contribution < -0.4 is 14.2 Å². The van der Waals surface area contributed by atoms with Crippen LogP contribution in [0.1, 0.15) is 35.8 Å². The Balaban J connectivity index is 1.91. The van der Waals surface area contributed by atoms with Crippen LogP contribution in [0.5, 0.6) is 11.5 Å². The molecule has 0 radical (unpaired) electrons. The summed E-state index contributed by atoms with van der Waals surface area (Å²) in [5.41, 5.74) is 3.08. The molecule has 3 heterocycles. The molecule has 0 aliphatic rings. The average Bonchev–Trinajstić information content (AvgIpc) is 3.34. The third-order valence-corrected chi connectivity index (χ3v) is 6.47. The number of benzene rings is 1. The number of hydrogen-bond acceptors (Lipinski definition) is 10. The standard InChI is InChI=1S/C26H31N7O5S/c1-6-38-24(25-28-13-17(3)14-29-25)19(32-39(34)35)11-22-30-31-26(18-10-16(2)12-27-15-18)33(22)23-20(36-4)8-7-9-21(23)37-5/h7-10,12-15,19,24,39H,6,11H2,1-5H3,(H,32,34,35)/t19-,24-/m0/s1. The first-order valence-corrected chi connectivity index (χ1v) is 13.4. The Bertz CT molecular complexity index is 1460. The van der Waals surface area contributed by atoms with Gasteiger partial charge in [-0.3, -0.25) is 9.55 Å². The molecule has 1 aromatic carbocycles. The van der Waals surface area contributed by atoms with Gasteiger partial charge in [-0.1, -0.05) is 6.07 Å². The second kappa shape index (κ2) is 12.7. The maximum absolute atomic E-state index is 12.0. The van der Waals surface area contributed by atoms with Crippen LogP contribution in [0.15, 0.2) is 49.1 Å². The minimum absolute atomic E-state index is 0.0820. The fraction of sp³-hybridized carbons (Fsp3) is 0.346. The number of methoxy groups -OCH3 is 2. The zero-order valence-electron chi connectivity index (χ0n) is 22.4. The highest BCUT2D eigenvalue weighted by molar-refractivity contribution is 7.70. The van der Waals surface area contributed by atoms with Gasteiger partial charge in [-0.2, -0.15) is 0 Å². The molecule has 12 nitrogen and oxygen atoms in total. The lowest BCUT2D eigenvalue weighted by molar-refractivity contribution is 0.0325. The van der Waals surface area contributed by atoms with Gasteiger partial charge >= 0.3 is 0 Å². The molecular formula is C26H31N7O5S. The van der Waals surface area contributed by atoms with Crippen molar-refractivity contribution in [1.29, 1.82) is 0 Å². The first-order valence-electron chi connectivity index (χ1n) is 12.2. The van der Waals surface area contributed by atoms with Crippen LogP contribution in [0.2, 0.25) is 0 Å². The summed E-state index contributed by atoms with van der Waals surface area (Å²) >= 11 is 0. The van der Waals surface area contributed by atoms with Gasteiger partial charge in [0.15, 0.2) is 11.6 Å². The number of pyridine rings is 1. The molecule has 1 N–H and O–H groups in total. The number of hydrogen-bond donors (Lipinski definition) is 2. The molecule has 0 unspecified atom stereocenters. The van der Waals surface area contributed by atoms with Crippen LogP contribution in [0, 0.1) is 13.8 Å². The van der Waals surface area contributed by atoms with E-state index in [1.165, 1.54) is 0 Å². The van der Waals surface area contributed by atoms with E-state index in [1.54, 1.807) is 55.7 Å². The Morgan fingerprint density at radius 2 is 1.67 bits per heavy atom. The van der Waals surface area contributed by atoms with Gasteiger partial charge in [0.25, 0.3) is 0 Å². The predicted molar refractivity (Wildman–Crippen MR) is 145 cm³/mol. The second-order valence-electron chi connectivity index (χ2n) is 8.73. The zero-order chi connectivity index (χ0) is 27.9. The van der Waals surface area contributed by atoms with Crippen molar-refractivity contribution < 1.29 is 22.6 Å². The zero-order valence-corrected chi connectivity index (χ0v) is 23.3. The molecule has 0 bridgehead atoms. The lowest BCUT2D eigenvalue weighted by Gasteiger charge is -2.25. The predicted octanol–water partition coefficient (Wildman–Crippen LogP) is 2.56. The van der Waals surface area contributed by atoms with E-state index in [4.69, 9.17) is 14.2 Å². The molecule has 0 aliphatic heterocycles. The summed E-state index contributed by atoms with van der Waals surface area (Å²) in [5, 5.41) is 8.98. The summed E-state index contributed by atoms with van der Waals surface area (Å²) < 4.78 is 45.7. The van der Waals surface area contributed by atoms with Crippen molar-refractivity contribution in [2.24, 2.45) is 0 Å². The molecule has 206 valence electrons. The number of aromatic nitrogens is 6. The number of nitrogens with one attached hydrogen (secondary N) is 1. The summed E-state index contributed by atoms with van der Waals surface area (Å²) in [6.45, 7) is 5.93. The molecule has 0 spiro atoms. The molecule has 0 saturated heterocycles. The van der Waals surface area contributed by atoms with Gasteiger partial charge in [-0.25, -0.2) is 23.1 Å². The highest BCUT2D eigenvalue weighted by Crippen LogP contribution is 2.37. The minimum Gasteiger partial charge on any atom is -0.494 e. The smallest absolute Gasteiger partial charge is 0.201 e. The third-order valence-electron chi connectivity index (χ3n) is 5.93. The van der Waals surface area contributed by atoms with Gasteiger partial charge in [0, 0.05) is 43.4 Å². The van der Waals surface area contributed by atoms with E-state index >= 15 is 0 Å². The monoisotopic (exact) mass is 553 g/mol. The van der Waals surface area contributed by atoms with Crippen molar-refractivity contribution in [3.05, 3.63) is 71.8 Å². The Morgan fingerprint density at radius 3 is 2.26 bits per heavy atom. The molecule has 3 aromatic heterocycles. The van der Waals surface area contributed by atoms with E-state index in [9.17, 15) is 8.42 Å². The van der Waals surface area contributed by atoms with Gasteiger partial charge in [-0.05, 0) is 50.1 Å². The number of ether oxygens (including phenoxy) is 3. The maximum Gasteiger partial charge on any atom is 0.201 e. The van der Waals surface area contributed by atoms with Gasteiger partial charge < -0.3 is 14.2 Å². The molecule has 0 amide bonds. The normalized spacial score (nSPS) is 12.9. The summed E-state index contributed by atoms with van der Waals surface area (Å²) in [6.07, 6.45) is 6.04. The lowest BCUT2D eigenvalue weighted by Crippen LogP contribution is -2.39. The third kappa shape index (κ3) is 6.38. The Kier molecular flexibility index (Phi) is 9.17. The quantitative estimate of drug-likeness (QED) is 0.251. The van der Waals surface area contributed by atoms with Gasteiger partial charge in [0.2, 0.25) is 10.9 Å². The molecule has 0 aliphatic carbocycles. The molecule has 39 heavy (non-hydrogen) atoms. The number of para-hydroxylation sites is 1. The van der Waals surface area contributed by atoms with Gasteiger partial charge in [0.05, 0.1) is 20.3 Å². The van der Waals surface area contributed by atoms with Crippen molar-refractivity contribution in [2.45, 2.75) is 39.3 Å². The Labute approximate surface area is 228 Å². The van der Waals surface area contributed by atoms with E-state index in [1.807, 2.05) is 32.9 Å². The molecule has 0 saturated carbocycles. The van der Waals surface area contributed by atoms with Crippen LogP contribution in [0.25, 0.3) is 17.1 Å². The van der Waals surface area contributed by atoms with Gasteiger partial charge in [0.1, 0.15) is 29.1 Å². The first-order chi connectivity index (χ1) is 18.9. The fourth-order valence-corrected chi connectivity index (χ4v) is 4.75. The van der Waals surface area contributed by atoms with E-state index in [-0.39, 0.29) is 6.42 Å². The van der Waals surface area contributed by atoms with E-state index in [0.717, 1.165) is 11.1 Å². The Morgan fingerprint density at radius 1 is 0.974 bits per heavy atom. The first kappa shape index (κ1) is 28.1. The summed E-state index contributed by atoms with van der Waals surface area (Å²) in [7, 11) is 0.114. The molecule has 13 heteroatoms. The molecule has 0 fully saturated rings. The van der Waals surface area contributed by atoms with E-state index in [0.29, 0.717) is 46.8 Å². The topological polar surface area (TPSA) is 143 Å². The van der Waals surface area contributed by atoms with Crippen molar-refractivity contribution in [3.63, 3.8) is 0 Å². The number of nitrogens with zero attached hydrogens (tertiary/aromatic N) is 6. The number of thiol groups is 1.